The van der Waals surface area contributed by atoms with Gasteiger partial charge >= 0.3 is 6.18 Å². The fraction of sp³-hybridized carbons (Fsp3) is 0.111. The molecule has 0 saturated heterocycles. The van der Waals surface area contributed by atoms with Crippen LogP contribution in [0.2, 0.25) is 5.02 Å². The minimum Gasteiger partial charge on any atom is -0.324 e. The number of anilines is 1. The Labute approximate surface area is 156 Å². The van der Waals surface area contributed by atoms with Crippen molar-refractivity contribution in [1.29, 1.82) is 0 Å². The second-order valence-electron chi connectivity index (χ2n) is 5.91. The Hall–Kier alpha value is -2.87. The molecule has 4 nitrogen and oxygen atoms in total. The fourth-order valence-electron chi connectivity index (χ4n) is 2.81. The molecular formula is C18H11ClF4N4. The lowest BCUT2D eigenvalue weighted by atomic mass is 10.0. The van der Waals surface area contributed by atoms with Gasteiger partial charge in [0.25, 0.3) is 5.82 Å². The monoisotopic (exact) mass is 394 g/mol. The molecule has 0 spiro atoms. The molecule has 0 radical (unpaired) electrons. The van der Waals surface area contributed by atoms with Gasteiger partial charge in [-0.25, -0.2) is 9.07 Å². The Balaban J connectivity index is 1.83. The Bertz CT molecular complexity index is 1010. The summed E-state index contributed by atoms with van der Waals surface area (Å²) in [7, 11) is 0. The molecule has 0 amide bonds. The first-order chi connectivity index (χ1) is 12.8. The van der Waals surface area contributed by atoms with Gasteiger partial charge in [-0.2, -0.15) is 18.2 Å². The van der Waals surface area contributed by atoms with Crippen LogP contribution in [0, 0.1) is 5.82 Å². The number of allylic oxidation sites excluding steroid dienone is 1. The zero-order valence-electron chi connectivity index (χ0n) is 13.5. The van der Waals surface area contributed by atoms with Gasteiger partial charge in [0.2, 0.25) is 5.95 Å². The second kappa shape index (κ2) is 6.38. The van der Waals surface area contributed by atoms with E-state index in [0.717, 1.165) is 0 Å². The SMILES string of the molecule is Fc1ccc(C2=C[C@H](c3ccc(Cl)cc3)n3nc(C(F)(F)F)nc3N2)cc1. The number of benzene rings is 2. The topological polar surface area (TPSA) is 42.7 Å². The molecule has 138 valence electrons. The molecule has 3 aromatic rings. The van der Waals surface area contributed by atoms with Crippen LogP contribution in [0.1, 0.15) is 23.0 Å². The smallest absolute Gasteiger partial charge is 0.324 e. The summed E-state index contributed by atoms with van der Waals surface area (Å²) in [6.45, 7) is 0. The predicted molar refractivity (Wildman–Crippen MR) is 92.6 cm³/mol. The summed E-state index contributed by atoms with van der Waals surface area (Å²) < 4.78 is 53.6. The van der Waals surface area contributed by atoms with Crippen LogP contribution in [0.15, 0.2) is 54.6 Å². The van der Waals surface area contributed by atoms with E-state index < -0.39 is 23.9 Å². The van der Waals surface area contributed by atoms with Crippen LogP contribution in [-0.4, -0.2) is 14.8 Å². The molecule has 1 N–H and O–H groups in total. The number of aromatic nitrogens is 3. The number of fused-ring (bicyclic) bond motifs is 1. The summed E-state index contributed by atoms with van der Waals surface area (Å²) in [6.07, 6.45) is -2.97. The average molecular weight is 395 g/mol. The van der Waals surface area contributed by atoms with E-state index >= 15 is 0 Å². The zero-order chi connectivity index (χ0) is 19.2. The third-order valence-corrected chi connectivity index (χ3v) is 4.34. The van der Waals surface area contributed by atoms with Gasteiger partial charge in [-0.05, 0) is 53.6 Å². The quantitative estimate of drug-likeness (QED) is 0.612. The van der Waals surface area contributed by atoms with Crippen LogP contribution in [0.4, 0.5) is 23.5 Å². The molecule has 1 aromatic heterocycles. The van der Waals surface area contributed by atoms with Crippen molar-refractivity contribution in [2.45, 2.75) is 12.2 Å². The van der Waals surface area contributed by atoms with Crippen LogP contribution in [0.3, 0.4) is 0 Å². The molecule has 0 fully saturated rings. The van der Waals surface area contributed by atoms with Crippen molar-refractivity contribution in [1.82, 2.24) is 14.8 Å². The lowest BCUT2D eigenvalue weighted by molar-refractivity contribution is -0.145. The lowest BCUT2D eigenvalue weighted by Crippen LogP contribution is -2.20. The highest BCUT2D eigenvalue weighted by Crippen LogP contribution is 2.35. The molecule has 4 rings (SSSR count). The van der Waals surface area contributed by atoms with Gasteiger partial charge in [-0.3, -0.25) is 0 Å². The highest BCUT2D eigenvalue weighted by atomic mass is 35.5. The third-order valence-electron chi connectivity index (χ3n) is 4.09. The number of hydrogen-bond acceptors (Lipinski definition) is 3. The van der Waals surface area contributed by atoms with Gasteiger partial charge in [-0.15, -0.1) is 5.10 Å². The molecule has 0 saturated carbocycles. The summed E-state index contributed by atoms with van der Waals surface area (Å²) in [5, 5.41) is 6.97. The van der Waals surface area contributed by atoms with Crippen LogP contribution in [-0.2, 0) is 6.18 Å². The molecule has 9 heteroatoms. The van der Waals surface area contributed by atoms with E-state index in [1.165, 1.54) is 28.9 Å². The van der Waals surface area contributed by atoms with Gasteiger partial charge < -0.3 is 5.32 Å². The number of alkyl halides is 3. The number of rotatable bonds is 2. The van der Waals surface area contributed by atoms with E-state index in [1.54, 1.807) is 30.3 Å². The Morgan fingerprint density at radius 1 is 1.00 bits per heavy atom. The average Bonchev–Trinajstić information content (AvgIpc) is 3.07. The maximum Gasteiger partial charge on any atom is 0.453 e. The highest BCUT2D eigenvalue weighted by Gasteiger charge is 2.39. The minimum absolute atomic E-state index is 0.0518. The number of nitrogens with one attached hydrogen (secondary N) is 1. The Morgan fingerprint density at radius 2 is 1.67 bits per heavy atom. The third kappa shape index (κ3) is 3.40. The summed E-state index contributed by atoms with van der Waals surface area (Å²) in [5.74, 6) is -1.70. The molecule has 2 aromatic carbocycles. The predicted octanol–water partition coefficient (Wildman–Crippen LogP) is 5.15. The van der Waals surface area contributed by atoms with Gasteiger partial charge in [0.15, 0.2) is 0 Å². The van der Waals surface area contributed by atoms with Crippen molar-refractivity contribution in [2.75, 3.05) is 5.32 Å². The van der Waals surface area contributed by atoms with E-state index in [1.807, 2.05) is 0 Å². The van der Waals surface area contributed by atoms with Crippen molar-refractivity contribution in [3.8, 4) is 0 Å². The maximum atomic E-state index is 13.2. The Kier molecular flexibility index (Phi) is 4.15. The summed E-state index contributed by atoms with van der Waals surface area (Å²) in [6, 6.07) is 11.7. The molecule has 2 heterocycles. The minimum atomic E-state index is -4.67. The zero-order valence-corrected chi connectivity index (χ0v) is 14.3. The van der Waals surface area contributed by atoms with Crippen molar-refractivity contribution < 1.29 is 17.6 Å². The number of nitrogens with zero attached hydrogens (tertiary/aromatic N) is 3. The first kappa shape index (κ1) is 17.5. The molecule has 1 atom stereocenters. The van der Waals surface area contributed by atoms with Gasteiger partial charge in [0.1, 0.15) is 11.9 Å². The largest absolute Gasteiger partial charge is 0.453 e. The van der Waals surface area contributed by atoms with Crippen LogP contribution < -0.4 is 5.32 Å². The van der Waals surface area contributed by atoms with E-state index in [-0.39, 0.29) is 5.95 Å². The van der Waals surface area contributed by atoms with Crippen LogP contribution in [0.5, 0.6) is 0 Å². The van der Waals surface area contributed by atoms with E-state index in [4.69, 9.17) is 11.6 Å². The van der Waals surface area contributed by atoms with E-state index in [0.29, 0.717) is 21.8 Å². The van der Waals surface area contributed by atoms with Crippen molar-refractivity contribution in [2.24, 2.45) is 0 Å². The van der Waals surface area contributed by atoms with Gasteiger partial charge in [0, 0.05) is 10.7 Å². The van der Waals surface area contributed by atoms with Crippen LogP contribution in [0.25, 0.3) is 5.70 Å². The summed E-state index contributed by atoms with van der Waals surface area (Å²) in [4.78, 5) is 3.58. The molecular weight excluding hydrogens is 384 g/mol. The standard InChI is InChI=1S/C18H11ClF4N4/c19-12-5-1-11(2-6-12)15-9-14(10-3-7-13(20)8-4-10)24-17-25-16(18(21,22)23)26-27(15)17/h1-9,15H,(H,24,25,26)/t15-/m1/s1. The van der Waals surface area contributed by atoms with Crippen molar-refractivity contribution in [3.63, 3.8) is 0 Å². The lowest BCUT2D eigenvalue weighted by Gasteiger charge is -2.24. The molecule has 0 unspecified atom stereocenters. The fourth-order valence-corrected chi connectivity index (χ4v) is 2.93. The van der Waals surface area contributed by atoms with E-state index in [9.17, 15) is 17.6 Å². The summed E-state index contributed by atoms with van der Waals surface area (Å²) >= 11 is 5.91. The number of hydrogen-bond donors (Lipinski definition) is 1. The molecule has 27 heavy (non-hydrogen) atoms. The first-order valence-electron chi connectivity index (χ1n) is 7.85. The molecule has 1 aliphatic heterocycles. The van der Waals surface area contributed by atoms with Crippen LogP contribution >= 0.6 is 11.6 Å². The normalized spacial score (nSPS) is 16.5. The second-order valence-corrected chi connectivity index (χ2v) is 6.35. The molecule has 0 aliphatic carbocycles. The van der Waals surface area contributed by atoms with Gasteiger partial charge in [0.05, 0.1) is 0 Å². The van der Waals surface area contributed by atoms with Crippen molar-refractivity contribution in [3.05, 3.63) is 82.4 Å². The highest BCUT2D eigenvalue weighted by molar-refractivity contribution is 6.30. The maximum absolute atomic E-state index is 13.2. The number of halogens is 5. The Morgan fingerprint density at radius 3 is 2.30 bits per heavy atom. The van der Waals surface area contributed by atoms with Crippen molar-refractivity contribution >= 4 is 23.2 Å². The molecule has 0 bridgehead atoms. The molecule has 1 aliphatic rings. The van der Waals surface area contributed by atoms with Gasteiger partial charge in [-0.1, -0.05) is 23.7 Å². The van der Waals surface area contributed by atoms with E-state index in [2.05, 4.69) is 15.4 Å². The first-order valence-corrected chi connectivity index (χ1v) is 8.23. The summed E-state index contributed by atoms with van der Waals surface area (Å²) in [5.41, 5.74) is 1.79.